The second-order valence-electron chi connectivity index (χ2n) is 3.97. The van der Waals surface area contributed by atoms with Gasteiger partial charge in [-0.3, -0.25) is 4.79 Å². The number of phenolic OH excluding ortho intramolecular Hbond substituents is 1. The lowest BCUT2D eigenvalue weighted by atomic mass is 10.1. The number of halogens is 1. The number of carbonyl (C=O) groups excluding carboxylic acids is 1. The molecule has 1 amide bonds. The summed E-state index contributed by atoms with van der Waals surface area (Å²) in [6.45, 7) is 1.97. The van der Waals surface area contributed by atoms with Gasteiger partial charge >= 0.3 is 0 Å². The number of hydrogen-bond donors (Lipinski definition) is 2. The molecule has 19 heavy (non-hydrogen) atoms. The number of nitrogens with one attached hydrogen (secondary N) is 1. The van der Waals surface area contributed by atoms with Crippen LogP contribution in [0.1, 0.15) is 34.8 Å². The van der Waals surface area contributed by atoms with Gasteiger partial charge < -0.3 is 10.4 Å². The summed E-state index contributed by atoms with van der Waals surface area (Å²) >= 11 is 7.23. The van der Waals surface area contributed by atoms with Crippen LogP contribution in [-0.2, 0) is 0 Å². The Balaban J connectivity index is 2.16. The van der Waals surface area contributed by atoms with Crippen molar-refractivity contribution in [3.63, 3.8) is 0 Å². The van der Waals surface area contributed by atoms with Gasteiger partial charge in [0.2, 0.25) is 0 Å². The third kappa shape index (κ3) is 3.24. The number of hydrogen-bond acceptors (Lipinski definition) is 4. The van der Waals surface area contributed by atoms with E-state index in [-0.39, 0.29) is 23.3 Å². The second kappa shape index (κ2) is 6.04. The van der Waals surface area contributed by atoms with Crippen molar-refractivity contribution >= 4 is 28.8 Å². The van der Waals surface area contributed by atoms with Crippen LogP contribution >= 0.6 is 22.9 Å². The maximum atomic E-state index is 12.1. The van der Waals surface area contributed by atoms with Crippen molar-refractivity contribution in [2.45, 2.75) is 19.4 Å². The lowest BCUT2D eigenvalue weighted by Crippen LogP contribution is -2.28. The van der Waals surface area contributed by atoms with Crippen molar-refractivity contribution in [3.05, 3.63) is 45.4 Å². The maximum absolute atomic E-state index is 12.1. The lowest BCUT2D eigenvalue weighted by molar-refractivity contribution is 0.0933. The fourth-order valence-electron chi connectivity index (χ4n) is 1.68. The molecule has 1 aromatic heterocycles. The van der Waals surface area contributed by atoms with E-state index in [4.69, 9.17) is 11.6 Å². The van der Waals surface area contributed by atoms with Crippen LogP contribution in [-0.4, -0.2) is 16.0 Å². The van der Waals surface area contributed by atoms with Gasteiger partial charge in [-0.25, -0.2) is 4.98 Å². The summed E-state index contributed by atoms with van der Waals surface area (Å²) in [4.78, 5) is 16.3. The molecule has 0 bridgehead atoms. The Morgan fingerprint density at radius 2 is 2.37 bits per heavy atom. The molecule has 100 valence electrons. The molecule has 0 spiro atoms. The van der Waals surface area contributed by atoms with Crippen molar-refractivity contribution in [2.24, 2.45) is 0 Å². The highest BCUT2D eigenvalue weighted by Gasteiger charge is 2.18. The topological polar surface area (TPSA) is 62.2 Å². The van der Waals surface area contributed by atoms with E-state index >= 15 is 0 Å². The normalized spacial score (nSPS) is 12.1. The number of benzene rings is 1. The zero-order valence-corrected chi connectivity index (χ0v) is 11.8. The quantitative estimate of drug-likeness (QED) is 0.909. The molecular weight excluding hydrogens is 284 g/mol. The van der Waals surface area contributed by atoms with E-state index in [9.17, 15) is 9.90 Å². The molecular formula is C13H13ClN2O2S. The van der Waals surface area contributed by atoms with Crippen LogP contribution in [0.2, 0.25) is 5.02 Å². The number of nitrogens with zero attached hydrogens (tertiary/aromatic N) is 1. The van der Waals surface area contributed by atoms with Crippen LogP contribution in [0, 0.1) is 0 Å². The van der Waals surface area contributed by atoms with Crippen molar-refractivity contribution in [3.8, 4) is 5.75 Å². The van der Waals surface area contributed by atoms with Crippen molar-refractivity contribution in [1.82, 2.24) is 10.3 Å². The van der Waals surface area contributed by atoms with E-state index in [1.54, 1.807) is 12.3 Å². The van der Waals surface area contributed by atoms with E-state index in [2.05, 4.69) is 10.3 Å². The summed E-state index contributed by atoms with van der Waals surface area (Å²) < 4.78 is 0. The molecule has 1 heterocycles. The average Bonchev–Trinajstić information content (AvgIpc) is 2.89. The minimum atomic E-state index is -0.337. The van der Waals surface area contributed by atoms with E-state index in [0.29, 0.717) is 5.02 Å². The van der Waals surface area contributed by atoms with Crippen LogP contribution in [0.25, 0.3) is 0 Å². The monoisotopic (exact) mass is 296 g/mol. The molecule has 0 aliphatic heterocycles. The molecule has 0 saturated heterocycles. The molecule has 0 saturated carbocycles. The summed E-state index contributed by atoms with van der Waals surface area (Å²) in [5.41, 5.74) is 0.208. The van der Waals surface area contributed by atoms with Crippen LogP contribution in [0.3, 0.4) is 0 Å². The van der Waals surface area contributed by atoms with E-state index in [1.165, 1.54) is 23.5 Å². The molecule has 2 N–H and O–H groups in total. The molecule has 0 fully saturated rings. The maximum Gasteiger partial charge on any atom is 0.255 e. The third-order valence-electron chi connectivity index (χ3n) is 2.67. The first kappa shape index (κ1) is 13.8. The molecule has 0 aliphatic rings. The van der Waals surface area contributed by atoms with Gasteiger partial charge in [-0.15, -0.1) is 11.3 Å². The van der Waals surface area contributed by atoms with Gasteiger partial charge in [0.1, 0.15) is 10.8 Å². The largest absolute Gasteiger partial charge is 0.507 e. The first-order valence-electron chi connectivity index (χ1n) is 5.80. The van der Waals surface area contributed by atoms with Gasteiger partial charge in [-0.05, 0) is 24.6 Å². The SMILES string of the molecule is CCC(NC(=O)c1ccc(Cl)cc1O)c1nccs1. The van der Waals surface area contributed by atoms with Gasteiger partial charge in [0.25, 0.3) is 5.91 Å². The van der Waals surface area contributed by atoms with Gasteiger partial charge in [-0.2, -0.15) is 0 Å². The third-order valence-corrected chi connectivity index (χ3v) is 3.79. The van der Waals surface area contributed by atoms with Gasteiger partial charge in [0.05, 0.1) is 11.6 Å². The highest BCUT2D eigenvalue weighted by Crippen LogP contribution is 2.24. The summed E-state index contributed by atoms with van der Waals surface area (Å²) in [5, 5.41) is 15.7. The first-order chi connectivity index (χ1) is 9.11. The minimum Gasteiger partial charge on any atom is -0.507 e. The summed E-state index contributed by atoms with van der Waals surface area (Å²) in [5.74, 6) is -0.463. The molecule has 2 rings (SSSR count). The summed E-state index contributed by atoms with van der Waals surface area (Å²) in [6.07, 6.45) is 2.43. The number of phenols is 1. The zero-order valence-electron chi connectivity index (χ0n) is 10.3. The number of rotatable bonds is 4. The van der Waals surface area contributed by atoms with Crippen molar-refractivity contribution in [2.75, 3.05) is 0 Å². The molecule has 1 aromatic carbocycles. The Labute approximate surface area is 120 Å². The second-order valence-corrected chi connectivity index (χ2v) is 5.33. The van der Waals surface area contributed by atoms with E-state index < -0.39 is 0 Å². The Morgan fingerprint density at radius 1 is 1.58 bits per heavy atom. The Morgan fingerprint density at radius 3 is 2.95 bits per heavy atom. The van der Waals surface area contributed by atoms with Crippen molar-refractivity contribution in [1.29, 1.82) is 0 Å². The number of thiazole rings is 1. The van der Waals surface area contributed by atoms with Crippen LogP contribution in [0.5, 0.6) is 5.75 Å². The molecule has 4 nitrogen and oxygen atoms in total. The summed E-state index contributed by atoms with van der Waals surface area (Å²) in [6, 6.07) is 4.27. The van der Waals surface area contributed by atoms with Gasteiger partial charge in [0, 0.05) is 16.6 Å². The molecule has 1 unspecified atom stereocenters. The average molecular weight is 297 g/mol. The molecule has 0 radical (unpaired) electrons. The highest BCUT2D eigenvalue weighted by atomic mass is 35.5. The van der Waals surface area contributed by atoms with Crippen LogP contribution in [0.15, 0.2) is 29.8 Å². The predicted octanol–water partition coefficient (Wildman–Crippen LogP) is 3.38. The fraction of sp³-hybridized carbons (Fsp3) is 0.231. The van der Waals surface area contributed by atoms with Crippen molar-refractivity contribution < 1.29 is 9.90 Å². The summed E-state index contributed by atoms with van der Waals surface area (Å²) in [7, 11) is 0. The number of carbonyl (C=O) groups is 1. The number of amides is 1. The lowest BCUT2D eigenvalue weighted by Gasteiger charge is -2.15. The zero-order chi connectivity index (χ0) is 13.8. The molecule has 6 heteroatoms. The Kier molecular flexibility index (Phi) is 4.39. The molecule has 0 aliphatic carbocycles. The van der Waals surface area contributed by atoms with Gasteiger partial charge in [0.15, 0.2) is 0 Å². The first-order valence-corrected chi connectivity index (χ1v) is 7.06. The Bertz CT molecular complexity index is 572. The van der Waals surface area contributed by atoms with E-state index in [1.807, 2.05) is 12.3 Å². The number of aromatic hydroxyl groups is 1. The predicted molar refractivity (Wildman–Crippen MR) is 75.7 cm³/mol. The fourth-order valence-corrected chi connectivity index (χ4v) is 2.62. The molecule has 2 aromatic rings. The Hall–Kier alpha value is -1.59. The smallest absolute Gasteiger partial charge is 0.255 e. The minimum absolute atomic E-state index is 0.126. The van der Waals surface area contributed by atoms with Crippen LogP contribution in [0.4, 0.5) is 0 Å². The van der Waals surface area contributed by atoms with Crippen LogP contribution < -0.4 is 5.32 Å². The molecule has 1 atom stereocenters. The van der Waals surface area contributed by atoms with E-state index in [0.717, 1.165) is 11.4 Å². The standard InChI is InChI=1S/C13H13ClN2O2S/c1-2-10(13-15-5-6-19-13)16-12(18)9-4-3-8(14)7-11(9)17/h3-7,10,17H,2H2,1H3,(H,16,18). The van der Waals surface area contributed by atoms with Gasteiger partial charge in [-0.1, -0.05) is 18.5 Å². The number of aromatic nitrogens is 1. The highest BCUT2D eigenvalue weighted by molar-refractivity contribution is 7.09.